The molecule has 0 N–H and O–H groups in total. The van der Waals surface area contributed by atoms with Gasteiger partial charge in [0.05, 0.1) is 11.1 Å². The molecule has 0 saturated carbocycles. The zero-order chi connectivity index (χ0) is 30.7. The average Bonchev–Trinajstić information content (AvgIpc) is 3.54. The molecule has 3 aliphatic rings. The van der Waals surface area contributed by atoms with Gasteiger partial charge in [0.15, 0.2) is 5.17 Å². The summed E-state index contributed by atoms with van der Waals surface area (Å²) in [5, 5.41) is 1.00. The first-order valence-electron chi connectivity index (χ1n) is 14.1. The van der Waals surface area contributed by atoms with Crippen LogP contribution in [0.5, 0.6) is 0 Å². The standard InChI is InChI=1S/C31H35Cl2FN4O3S/c1-16(2)24-25(27(39)37-17(3)8-12-22(37)28(40)41-30(4,5)6)42-29-36-31(7,19-10-13-23(33)35-15-19)26(38(24)29)18-9-11-20(32)21(34)14-18/h9-11,13-17,22,26H,8,12H2,1-7H3/t17-,22+,26-,31+/m1/s1. The van der Waals surface area contributed by atoms with Crippen molar-refractivity contribution < 1.29 is 18.7 Å². The summed E-state index contributed by atoms with van der Waals surface area (Å²) in [7, 11) is 0. The van der Waals surface area contributed by atoms with Crippen molar-refractivity contribution in [3.8, 4) is 0 Å². The van der Waals surface area contributed by atoms with Crippen molar-refractivity contribution in [1.82, 2.24) is 14.8 Å². The molecule has 0 radical (unpaired) electrons. The Kier molecular flexibility index (Phi) is 8.18. The topological polar surface area (TPSA) is 75.1 Å². The van der Waals surface area contributed by atoms with Gasteiger partial charge in [0.25, 0.3) is 5.91 Å². The number of carbonyl (C=O) groups is 2. The number of esters is 1. The van der Waals surface area contributed by atoms with Gasteiger partial charge in [-0.05, 0) is 88.9 Å². The maximum absolute atomic E-state index is 14.9. The highest BCUT2D eigenvalue weighted by Gasteiger charge is 2.54. The number of carbonyl (C=O) groups excluding carboxylic acids is 2. The number of rotatable bonds is 5. The van der Waals surface area contributed by atoms with Crippen molar-refractivity contribution in [2.75, 3.05) is 0 Å². The van der Waals surface area contributed by atoms with Gasteiger partial charge in [0.1, 0.15) is 33.1 Å². The molecular weight excluding hydrogens is 598 g/mol. The number of allylic oxidation sites excluding steroid dienone is 1. The molecule has 11 heteroatoms. The lowest BCUT2D eigenvalue weighted by atomic mass is 9.81. The summed E-state index contributed by atoms with van der Waals surface area (Å²) >= 11 is 13.5. The number of ether oxygens (including phenoxy) is 1. The molecule has 1 saturated heterocycles. The van der Waals surface area contributed by atoms with Crippen LogP contribution >= 0.6 is 35.0 Å². The molecule has 1 fully saturated rings. The Morgan fingerprint density at radius 3 is 2.48 bits per heavy atom. The Labute approximate surface area is 260 Å². The minimum Gasteiger partial charge on any atom is -0.458 e. The van der Waals surface area contributed by atoms with Crippen molar-refractivity contribution in [3.63, 3.8) is 0 Å². The van der Waals surface area contributed by atoms with Gasteiger partial charge in [-0.15, -0.1) is 0 Å². The molecule has 42 heavy (non-hydrogen) atoms. The normalized spacial score (nSPS) is 25.8. The lowest BCUT2D eigenvalue weighted by molar-refractivity contribution is -0.163. The number of amides is 1. The average molecular weight is 634 g/mol. The van der Waals surface area contributed by atoms with Gasteiger partial charge in [0, 0.05) is 23.5 Å². The number of amidine groups is 1. The van der Waals surface area contributed by atoms with E-state index in [1.54, 1.807) is 23.2 Å². The first-order chi connectivity index (χ1) is 19.6. The maximum Gasteiger partial charge on any atom is 0.329 e. The molecule has 224 valence electrons. The Hall–Kier alpha value is -2.62. The number of pyridine rings is 1. The van der Waals surface area contributed by atoms with E-state index in [0.717, 1.165) is 11.3 Å². The number of aliphatic imine (C=N–C) groups is 1. The van der Waals surface area contributed by atoms with E-state index in [-0.39, 0.29) is 22.9 Å². The van der Waals surface area contributed by atoms with Gasteiger partial charge in [-0.2, -0.15) is 0 Å². The lowest BCUT2D eigenvalue weighted by Gasteiger charge is -2.37. The SMILES string of the molecule is CC(C)C1=C(C(=O)N2[C@H](C)CC[C@H]2C(=O)OC(C)(C)C)SC2=N[C@@](C)(c3ccc(Cl)nc3)[C@@H](c3ccc(Cl)c(F)c3)N21. The van der Waals surface area contributed by atoms with E-state index in [1.807, 2.05) is 59.4 Å². The second kappa shape index (κ2) is 11.1. The van der Waals surface area contributed by atoms with Gasteiger partial charge in [0.2, 0.25) is 0 Å². The Morgan fingerprint density at radius 2 is 1.88 bits per heavy atom. The Bertz CT molecular complexity index is 1490. The van der Waals surface area contributed by atoms with E-state index < -0.39 is 35.0 Å². The molecular formula is C31H35Cl2FN4O3S. The number of likely N-dealkylation sites (tertiary alicyclic amines) is 1. The van der Waals surface area contributed by atoms with Crippen LogP contribution in [0.15, 0.2) is 52.1 Å². The van der Waals surface area contributed by atoms with Crippen LogP contribution in [0.3, 0.4) is 0 Å². The molecule has 1 aromatic carbocycles. The summed E-state index contributed by atoms with van der Waals surface area (Å²) in [4.78, 5) is 41.2. The molecule has 1 aromatic heterocycles. The molecule has 0 spiro atoms. The number of hydrogen-bond donors (Lipinski definition) is 0. The molecule has 4 heterocycles. The largest absolute Gasteiger partial charge is 0.458 e. The molecule has 3 aliphatic heterocycles. The number of benzene rings is 1. The summed E-state index contributed by atoms with van der Waals surface area (Å²) in [6.07, 6.45) is 2.92. The smallest absolute Gasteiger partial charge is 0.329 e. The van der Waals surface area contributed by atoms with Crippen molar-refractivity contribution >= 4 is 52.0 Å². The highest BCUT2D eigenvalue weighted by molar-refractivity contribution is 8.18. The van der Waals surface area contributed by atoms with E-state index in [9.17, 15) is 14.0 Å². The monoisotopic (exact) mass is 632 g/mol. The predicted octanol–water partition coefficient (Wildman–Crippen LogP) is 7.49. The number of nitrogens with zero attached hydrogens (tertiary/aromatic N) is 4. The van der Waals surface area contributed by atoms with E-state index in [2.05, 4.69) is 4.98 Å². The van der Waals surface area contributed by atoms with E-state index in [0.29, 0.717) is 33.6 Å². The summed E-state index contributed by atoms with van der Waals surface area (Å²) in [5.41, 5.74) is 0.679. The van der Waals surface area contributed by atoms with E-state index in [1.165, 1.54) is 23.9 Å². The second-order valence-electron chi connectivity index (χ2n) is 12.5. The molecule has 0 bridgehead atoms. The van der Waals surface area contributed by atoms with Crippen molar-refractivity contribution in [3.05, 3.63) is 74.3 Å². The van der Waals surface area contributed by atoms with Crippen LogP contribution in [0.1, 0.15) is 78.5 Å². The molecule has 4 atom stereocenters. The summed E-state index contributed by atoms with van der Waals surface area (Å²) < 4.78 is 20.6. The highest BCUT2D eigenvalue weighted by atomic mass is 35.5. The third-order valence-corrected chi connectivity index (χ3v) is 9.49. The van der Waals surface area contributed by atoms with Crippen molar-refractivity contribution in [2.24, 2.45) is 10.9 Å². The third kappa shape index (κ3) is 5.44. The van der Waals surface area contributed by atoms with Gasteiger partial charge in [-0.25, -0.2) is 19.2 Å². The van der Waals surface area contributed by atoms with Crippen LogP contribution in [0, 0.1) is 11.7 Å². The Morgan fingerprint density at radius 1 is 1.17 bits per heavy atom. The number of aromatic nitrogens is 1. The molecule has 2 aromatic rings. The van der Waals surface area contributed by atoms with Crippen molar-refractivity contribution in [1.29, 1.82) is 0 Å². The zero-order valence-corrected chi connectivity index (χ0v) is 27.1. The number of hydrogen-bond acceptors (Lipinski definition) is 7. The molecule has 1 amide bonds. The predicted molar refractivity (Wildman–Crippen MR) is 165 cm³/mol. The molecule has 0 unspecified atom stereocenters. The fourth-order valence-electron chi connectivity index (χ4n) is 6.03. The summed E-state index contributed by atoms with van der Waals surface area (Å²) in [6, 6.07) is 7.02. The molecule has 0 aliphatic carbocycles. The highest BCUT2D eigenvalue weighted by Crippen LogP contribution is 2.56. The molecule has 5 rings (SSSR count). The minimum absolute atomic E-state index is 0.0234. The van der Waals surface area contributed by atoms with Crippen LogP contribution in [-0.2, 0) is 19.9 Å². The first-order valence-corrected chi connectivity index (χ1v) is 15.6. The van der Waals surface area contributed by atoms with Crippen LogP contribution in [0.2, 0.25) is 10.2 Å². The van der Waals surface area contributed by atoms with Crippen molar-refractivity contribution in [2.45, 2.75) is 90.6 Å². The summed E-state index contributed by atoms with van der Waals surface area (Å²) in [6.45, 7) is 13.4. The first kappa shape index (κ1) is 30.8. The number of fused-ring (bicyclic) bond motifs is 1. The van der Waals surface area contributed by atoms with Crippen LogP contribution in [-0.4, -0.2) is 49.5 Å². The fraction of sp³-hybridized carbons (Fsp3) is 0.484. The zero-order valence-electron chi connectivity index (χ0n) is 24.7. The van der Waals surface area contributed by atoms with Crippen LogP contribution in [0.25, 0.3) is 0 Å². The van der Waals surface area contributed by atoms with E-state index >= 15 is 0 Å². The van der Waals surface area contributed by atoms with E-state index in [4.69, 9.17) is 32.9 Å². The van der Waals surface area contributed by atoms with Crippen LogP contribution in [0.4, 0.5) is 4.39 Å². The Balaban J connectivity index is 1.61. The van der Waals surface area contributed by atoms with Gasteiger partial charge in [-0.3, -0.25) is 4.79 Å². The third-order valence-electron chi connectivity index (χ3n) is 7.90. The van der Waals surface area contributed by atoms with Crippen LogP contribution < -0.4 is 0 Å². The molecule has 7 nitrogen and oxygen atoms in total. The van der Waals surface area contributed by atoms with Gasteiger partial charge < -0.3 is 14.5 Å². The maximum atomic E-state index is 14.9. The summed E-state index contributed by atoms with van der Waals surface area (Å²) in [5.74, 6) is -1.25. The lowest BCUT2D eigenvalue weighted by Crippen LogP contribution is -2.46. The number of halogens is 3. The quantitative estimate of drug-likeness (QED) is 0.251. The minimum atomic E-state index is -0.880. The number of thioether (sulfide) groups is 1. The second-order valence-corrected chi connectivity index (χ2v) is 14.3. The van der Waals surface area contributed by atoms with Gasteiger partial charge >= 0.3 is 5.97 Å². The fourth-order valence-corrected chi connectivity index (χ4v) is 7.62. The van der Waals surface area contributed by atoms with Gasteiger partial charge in [-0.1, -0.05) is 49.2 Å².